The van der Waals surface area contributed by atoms with Crippen LogP contribution in [-0.4, -0.2) is 4.57 Å². The Morgan fingerprint density at radius 2 is 1.24 bits per heavy atom. The van der Waals surface area contributed by atoms with Gasteiger partial charge in [0.05, 0.1) is 11.0 Å². The van der Waals surface area contributed by atoms with E-state index in [4.69, 9.17) is 4.42 Å². The monoisotopic (exact) mass is 651 g/mol. The van der Waals surface area contributed by atoms with Gasteiger partial charge in [0.15, 0.2) is 0 Å². The van der Waals surface area contributed by atoms with Gasteiger partial charge in [-0.15, -0.1) is 0 Å². The molecule has 4 aliphatic rings. The van der Waals surface area contributed by atoms with E-state index < -0.39 is 0 Å². The molecule has 6 aromatic carbocycles. The van der Waals surface area contributed by atoms with E-state index in [1.165, 1.54) is 93.9 Å². The molecule has 51 heavy (non-hydrogen) atoms. The molecular weight excluding hydrogens is 619 g/mol. The fourth-order valence-electron chi connectivity index (χ4n) is 10.1. The normalized spacial score (nSPS) is 19.2. The van der Waals surface area contributed by atoms with Gasteiger partial charge in [-0.2, -0.15) is 0 Å². The third-order valence-corrected chi connectivity index (χ3v) is 12.4. The van der Waals surface area contributed by atoms with Crippen LogP contribution in [0.4, 0.5) is 0 Å². The lowest BCUT2D eigenvalue weighted by Crippen LogP contribution is -2.18. The van der Waals surface area contributed by atoms with Crippen molar-refractivity contribution in [3.63, 3.8) is 0 Å². The molecule has 2 atom stereocenters. The number of hydrogen-bond acceptors (Lipinski definition) is 1. The second-order valence-corrected chi connectivity index (χ2v) is 15.2. The summed E-state index contributed by atoms with van der Waals surface area (Å²) in [5.41, 5.74) is 18.9. The molecule has 0 radical (unpaired) electrons. The first kappa shape index (κ1) is 27.7. The minimum absolute atomic E-state index is 0.169. The molecule has 8 aromatic rings. The summed E-state index contributed by atoms with van der Waals surface area (Å²) < 4.78 is 9.25. The quantitative estimate of drug-likeness (QED) is 0.182. The van der Waals surface area contributed by atoms with Crippen LogP contribution in [-0.2, 0) is 5.41 Å². The molecule has 12 rings (SSSR count). The molecule has 0 bridgehead atoms. The van der Waals surface area contributed by atoms with Crippen LogP contribution in [0.15, 0.2) is 156 Å². The molecule has 2 aromatic heterocycles. The van der Waals surface area contributed by atoms with E-state index in [0.717, 1.165) is 11.2 Å². The molecule has 4 aliphatic carbocycles. The van der Waals surface area contributed by atoms with Crippen LogP contribution < -0.4 is 0 Å². The molecule has 240 valence electrons. The Morgan fingerprint density at radius 3 is 2.06 bits per heavy atom. The van der Waals surface area contributed by atoms with Gasteiger partial charge in [0.25, 0.3) is 0 Å². The zero-order valence-electron chi connectivity index (χ0n) is 28.4. The minimum Gasteiger partial charge on any atom is -0.455 e. The standard InChI is InChI=1S/C49H33NO/c1-49(2)40-26-24-38-33-12-5-7-16-42(33)50(47(38)45(40)46-41(49)27-25-39-34-13-6-8-17-43(34)51-48(39)46)29-20-18-28(19-21-29)30-22-23-37-32-11-4-3-10-31(32)36-15-9-14-35(30)44(36)37/h3-27,35,44H,1-2H3. The number of benzene rings is 6. The summed E-state index contributed by atoms with van der Waals surface area (Å²) in [5, 5.41) is 4.88. The summed E-state index contributed by atoms with van der Waals surface area (Å²) in [6.45, 7) is 4.72. The Balaban J connectivity index is 1.07. The highest BCUT2D eigenvalue weighted by Gasteiger charge is 2.41. The van der Waals surface area contributed by atoms with Crippen LogP contribution in [0.1, 0.15) is 41.7 Å². The third kappa shape index (κ3) is 3.43. The van der Waals surface area contributed by atoms with E-state index in [1.807, 2.05) is 0 Å². The maximum Gasteiger partial charge on any atom is 0.143 e. The average Bonchev–Trinajstić information content (AvgIpc) is 3.88. The second kappa shape index (κ2) is 9.56. The van der Waals surface area contributed by atoms with Crippen molar-refractivity contribution >= 4 is 60.5 Å². The number of aromatic nitrogens is 1. The molecular formula is C49H33NO. The van der Waals surface area contributed by atoms with Crippen molar-refractivity contribution < 1.29 is 4.42 Å². The van der Waals surface area contributed by atoms with Crippen molar-refractivity contribution in [1.29, 1.82) is 0 Å². The summed E-state index contributed by atoms with van der Waals surface area (Å²) in [6, 6.07) is 44.9. The number of hydrogen-bond donors (Lipinski definition) is 0. The van der Waals surface area contributed by atoms with Crippen molar-refractivity contribution in [2.75, 3.05) is 0 Å². The molecule has 0 spiro atoms. The van der Waals surface area contributed by atoms with E-state index in [1.54, 1.807) is 0 Å². The Hall–Kier alpha value is -6.12. The number of fused-ring (bicyclic) bond motifs is 14. The van der Waals surface area contributed by atoms with Gasteiger partial charge in [-0.05, 0) is 68.8 Å². The first-order valence-electron chi connectivity index (χ1n) is 18.1. The highest BCUT2D eigenvalue weighted by Crippen LogP contribution is 2.57. The lowest BCUT2D eigenvalue weighted by Gasteiger charge is -2.31. The smallest absolute Gasteiger partial charge is 0.143 e. The number of rotatable bonds is 2. The largest absolute Gasteiger partial charge is 0.455 e. The highest BCUT2D eigenvalue weighted by atomic mass is 16.3. The first-order valence-corrected chi connectivity index (χ1v) is 18.1. The predicted molar refractivity (Wildman–Crippen MR) is 212 cm³/mol. The first-order chi connectivity index (χ1) is 25.1. The van der Waals surface area contributed by atoms with Crippen molar-refractivity contribution in [3.8, 4) is 16.8 Å². The van der Waals surface area contributed by atoms with Gasteiger partial charge < -0.3 is 8.98 Å². The SMILES string of the molecule is CC1(C)c2ccc3c(oc4ccccc43)c2-c2c1ccc1c3ccccc3n(-c3ccc(C4=CC=C5c6ccccc6C6=CC=CC4C65)cc3)c21. The van der Waals surface area contributed by atoms with E-state index in [0.29, 0.717) is 11.8 Å². The molecule has 0 saturated carbocycles. The Labute approximate surface area is 296 Å². The Morgan fingerprint density at radius 1 is 0.569 bits per heavy atom. The van der Waals surface area contributed by atoms with E-state index >= 15 is 0 Å². The fraction of sp³-hybridized carbons (Fsp3) is 0.102. The minimum atomic E-state index is -0.169. The maximum absolute atomic E-state index is 6.75. The van der Waals surface area contributed by atoms with Crippen LogP contribution in [0.3, 0.4) is 0 Å². The summed E-state index contributed by atoms with van der Waals surface area (Å²) in [7, 11) is 0. The van der Waals surface area contributed by atoms with E-state index in [9.17, 15) is 0 Å². The number of nitrogens with zero attached hydrogens (tertiary/aromatic N) is 1. The van der Waals surface area contributed by atoms with Crippen LogP contribution in [0, 0.1) is 11.8 Å². The summed E-state index contributed by atoms with van der Waals surface area (Å²) >= 11 is 0. The van der Waals surface area contributed by atoms with Crippen molar-refractivity contribution in [2.24, 2.45) is 11.8 Å². The second-order valence-electron chi connectivity index (χ2n) is 15.2. The molecule has 2 nitrogen and oxygen atoms in total. The van der Waals surface area contributed by atoms with Crippen LogP contribution in [0.5, 0.6) is 0 Å². The van der Waals surface area contributed by atoms with E-state index in [-0.39, 0.29) is 5.41 Å². The third-order valence-electron chi connectivity index (χ3n) is 12.4. The highest BCUT2D eigenvalue weighted by molar-refractivity contribution is 6.20. The van der Waals surface area contributed by atoms with Gasteiger partial charge in [-0.3, -0.25) is 0 Å². The van der Waals surface area contributed by atoms with Gasteiger partial charge in [0.1, 0.15) is 11.2 Å². The topological polar surface area (TPSA) is 18.1 Å². The van der Waals surface area contributed by atoms with Gasteiger partial charge in [0.2, 0.25) is 0 Å². The van der Waals surface area contributed by atoms with Gasteiger partial charge >= 0.3 is 0 Å². The molecule has 0 fully saturated rings. The van der Waals surface area contributed by atoms with Crippen molar-refractivity contribution in [2.45, 2.75) is 19.3 Å². The molecule has 0 N–H and O–H groups in total. The van der Waals surface area contributed by atoms with Crippen LogP contribution in [0.2, 0.25) is 0 Å². The molecule has 0 aliphatic heterocycles. The van der Waals surface area contributed by atoms with Crippen LogP contribution in [0.25, 0.3) is 77.3 Å². The lowest BCUT2D eigenvalue weighted by molar-refractivity contribution is 0.653. The maximum atomic E-state index is 6.75. The van der Waals surface area contributed by atoms with Gasteiger partial charge in [0, 0.05) is 55.6 Å². The number of allylic oxidation sites excluding steroid dienone is 8. The van der Waals surface area contributed by atoms with Gasteiger partial charge in [-0.25, -0.2) is 0 Å². The zero-order chi connectivity index (χ0) is 33.6. The average molecular weight is 652 g/mol. The number of para-hydroxylation sites is 2. The molecule has 0 amide bonds. The fourth-order valence-corrected chi connectivity index (χ4v) is 10.1. The Kier molecular flexibility index (Phi) is 5.19. The summed E-state index contributed by atoms with van der Waals surface area (Å²) in [5.74, 6) is 0.704. The summed E-state index contributed by atoms with van der Waals surface area (Å²) in [4.78, 5) is 0. The van der Waals surface area contributed by atoms with Crippen molar-refractivity contribution in [3.05, 3.63) is 180 Å². The number of furan rings is 1. The zero-order valence-corrected chi connectivity index (χ0v) is 28.4. The van der Waals surface area contributed by atoms with Crippen molar-refractivity contribution in [1.82, 2.24) is 4.57 Å². The molecule has 2 unspecified atom stereocenters. The van der Waals surface area contributed by atoms with Gasteiger partial charge in [-0.1, -0.05) is 141 Å². The Bertz CT molecular complexity index is 2990. The molecule has 2 heteroatoms. The lowest BCUT2D eigenvalue weighted by atomic mass is 9.72. The summed E-state index contributed by atoms with van der Waals surface area (Å²) in [6.07, 6.45) is 11.7. The van der Waals surface area contributed by atoms with Crippen LogP contribution >= 0.6 is 0 Å². The van der Waals surface area contributed by atoms with E-state index in [2.05, 4.69) is 170 Å². The molecule has 0 saturated heterocycles. The predicted octanol–water partition coefficient (Wildman–Crippen LogP) is 12.7. The molecule has 2 heterocycles.